The van der Waals surface area contributed by atoms with E-state index in [1.54, 1.807) is 19.2 Å². The molecule has 5 heteroatoms. The van der Waals surface area contributed by atoms with Crippen molar-refractivity contribution in [2.75, 3.05) is 26.7 Å². The van der Waals surface area contributed by atoms with Gasteiger partial charge in [-0.3, -0.25) is 4.90 Å². The van der Waals surface area contributed by atoms with E-state index in [4.69, 9.17) is 4.74 Å². The molecule has 0 spiro atoms. The van der Waals surface area contributed by atoms with Gasteiger partial charge in [-0.2, -0.15) is 0 Å². The lowest BCUT2D eigenvalue weighted by Gasteiger charge is -2.36. The maximum atomic E-state index is 13.5. The first kappa shape index (κ1) is 17.7. The molecule has 1 saturated heterocycles. The van der Waals surface area contributed by atoms with Gasteiger partial charge in [0.1, 0.15) is 11.6 Å². The highest BCUT2D eigenvalue weighted by molar-refractivity contribution is 5.85. The van der Waals surface area contributed by atoms with Crippen molar-refractivity contribution in [3.63, 3.8) is 0 Å². The zero-order valence-electron chi connectivity index (χ0n) is 13.2. The van der Waals surface area contributed by atoms with Crippen LogP contribution in [0.4, 0.5) is 4.39 Å². The Morgan fingerprint density at radius 1 is 1.22 bits per heavy atom. The fourth-order valence-corrected chi connectivity index (χ4v) is 2.98. The van der Waals surface area contributed by atoms with Crippen LogP contribution in [0.2, 0.25) is 0 Å². The SMILES string of the molecule is COc1cccc(CN2CCNCC2c2cccc(F)c2)c1.Cl. The van der Waals surface area contributed by atoms with Crippen LogP contribution in [0.1, 0.15) is 17.2 Å². The molecule has 124 valence electrons. The van der Waals surface area contributed by atoms with Crippen molar-refractivity contribution in [2.24, 2.45) is 0 Å². The van der Waals surface area contributed by atoms with E-state index in [9.17, 15) is 4.39 Å². The van der Waals surface area contributed by atoms with Crippen molar-refractivity contribution in [3.05, 3.63) is 65.5 Å². The lowest BCUT2D eigenvalue weighted by molar-refractivity contribution is 0.153. The molecule has 2 aromatic rings. The fraction of sp³-hybridized carbons (Fsp3) is 0.333. The minimum absolute atomic E-state index is 0. The molecule has 0 amide bonds. The summed E-state index contributed by atoms with van der Waals surface area (Å²) in [5.41, 5.74) is 2.23. The summed E-state index contributed by atoms with van der Waals surface area (Å²) in [5, 5.41) is 3.40. The predicted octanol–water partition coefficient (Wildman–Crippen LogP) is 3.40. The Morgan fingerprint density at radius 3 is 2.83 bits per heavy atom. The molecule has 1 aliphatic rings. The molecule has 0 saturated carbocycles. The minimum Gasteiger partial charge on any atom is -0.497 e. The normalized spacial score (nSPS) is 18.3. The van der Waals surface area contributed by atoms with E-state index >= 15 is 0 Å². The smallest absolute Gasteiger partial charge is 0.123 e. The first-order valence-corrected chi connectivity index (χ1v) is 7.59. The van der Waals surface area contributed by atoms with Crippen LogP contribution in [0.25, 0.3) is 0 Å². The van der Waals surface area contributed by atoms with Crippen LogP contribution in [-0.4, -0.2) is 31.6 Å². The summed E-state index contributed by atoms with van der Waals surface area (Å²) in [6.07, 6.45) is 0. The van der Waals surface area contributed by atoms with Crippen molar-refractivity contribution in [3.8, 4) is 5.75 Å². The molecule has 3 rings (SSSR count). The molecule has 0 bridgehead atoms. The van der Waals surface area contributed by atoms with Crippen LogP contribution in [0.3, 0.4) is 0 Å². The highest BCUT2D eigenvalue weighted by atomic mass is 35.5. The molecule has 0 aromatic heterocycles. The first-order chi connectivity index (χ1) is 10.8. The maximum absolute atomic E-state index is 13.5. The van der Waals surface area contributed by atoms with Gasteiger partial charge in [0.15, 0.2) is 0 Å². The van der Waals surface area contributed by atoms with Gasteiger partial charge in [0.05, 0.1) is 7.11 Å². The van der Waals surface area contributed by atoms with E-state index in [1.807, 2.05) is 18.2 Å². The van der Waals surface area contributed by atoms with Gasteiger partial charge in [-0.15, -0.1) is 12.4 Å². The van der Waals surface area contributed by atoms with Gasteiger partial charge in [-0.1, -0.05) is 24.3 Å². The van der Waals surface area contributed by atoms with Gasteiger partial charge < -0.3 is 10.1 Å². The zero-order chi connectivity index (χ0) is 15.4. The summed E-state index contributed by atoms with van der Waals surface area (Å²) < 4.78 is 18.8. The second-order valence-electron chi connectivity index (χ2n) is 5.60. The molecule has 0 radical (unpaired) electrons. The average molecular weight is 337 g/mol. The van der Waals surface area contributed by atoms with E-state index in [1.165, 1.54) is 11.6 Å². The highest BCUT2D eigenvalue weighted by Gasteiger charge is 2.24. The lowest BCUT2D eigenvalue weighted by atomic mass is 10.0. The van der Waals surface area contributed by atoms with Crippen molar-refractivity contribution < 1.29 is 9.13 Å². The number of benzene rings is 2. The monoisotopic (exact) mass is 336 g/mol. The molecular formula is C18H22ClFN2O. The van der Waals surface area contributed by atoms with Gasteiger partial charge in [-0.25, -0.2) is 4.39 Å². The lowest BCUT2D eigenvalue weighted by Crippen LogP contribution is -2.45. The van der Waals surface area contributed by atoms with Crippen LogP contribution in [0, 0.1) is 5.82 Å². The first-order valence-electron chi connectivity index (χ1n) is 7.59. The summed E-state index contributed by atoms with van der Waals surface area (Å²) in [4.78, 5) is 2.39. The second-order valence-corrected chi connectivity index (χ2v) is 5.60. The Kier molecular flexibility index (Phi) is 6.39. The Hall–Kier alpha value is -1.62. The molecule has 1 fully saturated rings. The third kappa shape index (κ3) is 4.44. The Bertz CT molecular complexity index is 638. The molecule has 1 heterocycles. The van der Waals surface area contributed by atoms with Gasteiger partial charge in [0, 0.05) is 32.2 Å². The molecule has 1 atom stereocenters. The van der Waals surface area contributed by atoms with E-state index in [0.29, 0.717) is 0 Å². The number of hydrogen-bond acceptors (Lipinski definition) is 3. The van der Waals surface area contributed by atoms with E-state index in [-0.39, 0.29) is 24.3 Å². The number of hydrogen-bond donors (Lipinski definition) is 1. The Balaban J connectivity index is 0.00000192. The van der Waals surface area contributed by atoms with E-state index in [2.05, 4.69) is 22.3 Å². The molecular weight excluding hydrogens is 315 g/mol. The van der Waals surface area contributed by atoms with Crippen LogP contribution < -0.4 is 10.1 Å². The van der Waals surface area contributed by atoms with Crippen molar-refractivity contribution in [2.45, 2.75) is 12.6 Å². The predicted molar refractivity (Wildman–Crippen MR) is 92.7 cm³/mol. The number of ether oxygens (including phenoxy) is 1. The van der Waals surface area contributed by atoms with Crippen LogP contribution in [0.15, 0.2) is 48.5 Å². The van der Waals surface area contributed by atoms with Crippen molar-refractivity contribution >= 4 is 12.4 Å². The van der Waals surface area contributed by atoms with Crippen LogP contribution in [-0.2, 0) is 6.54 Å². The third-order valence-electron chi connectivity index (χ3n) is 4.11. The number of piperazine rings is 1. The highest BCUT2D eigenvalue weighted by Crippen LogP contribution is 2.25. The standard InChI is InChI=1S/C18H21FN2O.ClH/c1-22-17-7-2-4-14(10-17)13-21-9-8-20-12-18(21)15-5-3-6-16(19)11-15;/h2-7,10-11,18,20H,8-9,12-13H2,1H3;1H. The summed E-state index contributed by atoms with van der Waals surface area (Å²) >= 11 is 0. The van der Waals surface area contributed by atoms with Gasteiger partial charge >= 0.3 is 0 Å². The summed E-state index contributed by atoms with van der Waals surface area (Å²) in [6.45, 7) is 3.57. The molecule has 1 unspecified atom stereocenters. The minimum atomic E-state index is -0.176. The zero-order valence-corrected chi connectivity index (χ0v) is 14.0. The van der Waals surface area contributed by atoms with E-state index in [0.717, 1.165) is 37.5 Å². The van der Waals surface area contributed by atoms with Gasteiger partial charge in [0.25, 0.3) is 0 Å². The molecule has 0 aliphatic carbocycles. The maximum Gasteiger partial charge on any atom is 0.123 e. The van der Waals surface area contributed by atoms with Crippen molar-refractivity contribution in [1.29, 1.82) is 0 Å². The van der Waals surface area contributed by atoms with Gasteiger partial charge in [-0.05, 0) is 35.4 Å². The average Bonchev–Trinajstić information content (AvgIpc) is 2.55. The number of halogens is 2. The molecule has 3 nitrogen and oxygen atoms in total. The molecule has 2 aromatic carbocycles. The molecule has 1 N–H and O–H groups in total. The van der Waals surface area contributed by atoms with E-state index < -0.39 is 0 Å². The molecule has 1 aliphatic heterocycles. The number of nitrogens with one attached hydrogen (secondary N) is 1. The van der Waals surface area contributed by atoms with Crippen molar-refractivity contribution in [1.82, 2.24) is 10.2 Å². The Labute approximate surface area is 142 Å². The summed E-state index contributed by atoms with van der Waals surface area (Å²) in [5.74, 6) is 0.694. The quantitative estimate of drug-likeness (QED) is 0.926. The number of methoxy groups -OCH3 is 1. The second kappa shape index (κ2) is 8.29. The summed E-state index contributed by atoms with van der Waals surface area (Å²) in [6, 6.07) is 15.2. The fourth-order valence-electron chi connectivity index (χ4n) is 2.98. The van der Waals surface area contributed by atoms with Gasteiger partial charge in [0.2, 0.25) is 0 Å². The van der Waals surface area contributed by atoms with Crippen LogP contribution >= 0.6 is 12.4 Å². The molecule has 23 heavy (non-hydrogen) atoms. The third-order valence-corrected chi connectivity index (χ3v) is 4.11. The van der Waals surface area contributed by atoms with Crippen LogP contribution in [0.5, 0.6) is 5.75 Å². The largest absolute Gasteiger partial charge is 0.497 e. The summed E-state index contributed by atoms with van der Waals surface area (Å²) in [7, 11) is 1.68. The topological polar surface area (TPSA) is 24.5 Å². The Morgan fingerprint density at radius 2 is 2.04 bits per heavy atom. The number of rotatable bonds is 4. The number of nitrogens with zero attached hydrogens (tertiary/aromatic N) is 1.